The van der Waals surface area contributed by atoms with E-state index in [1.807, 2.05) is 0 Å². The van der Waals surface area contributed by atoms with Crippen LogP contribution in [0, 0.1) is 0 Å². The smallest absolute Gasteiger partial charge is 0.322 e. The number of carbonyl (C=O) groups excluding carboxylic acids is 2. The molecule has 1 heterocycles. The Morgan fingerprint density at radius 1 is 1.33 bits per heavy atom. The van der Waals surface area contributed by atoms with E-state index < -0.39 is 17.5 Å². The number of carbonyl (C=O) groups is 2. The number of hydrogen-bond donors (Lipinski definition) is 3. The molecule has 1 aliphatic rings. The third-order valence-corrected chi connectivity index (χ3v) is 2.47. The molecule has 5 heteroatoms. The fraction of sp³-hybridized carbons (Fsp3) is 0.200. The minimum Gasteiger partial charge on any atom is -0.508 e. The fourth-order valence-electron chi connectivity index (χ4n) is 1.56. The van der Waals surface area contributed by atoms with Crippen molar-refractivity contribution in [2.45, 2.75) is 12.5 Å². The number of amides is 3. The number of phenols is 1. The molecule has 0 spiro atoms. The zero-order chi connectivity index (χ0) is 11.1. The molecule has 1 atom stereocenters. The van der Waals surface area contributed by atoms with Gasteiger partial charge in [-0.3, -0.25) is 10.1 Å². The van der Waals surface area contributed by atoms with Crippen molar-refractivity contribution < 1.29 is 14.7 Å². The van der Waals surface area contributed by atoms with Gasteiger partial charge in [-0.2, -0.15) is 0 Å². The van der Waals surface area contributed by atoms with Crippen LogP contribution < -0.4 is 10.6 Å². The number of nitrogens with one attached hydrogen (secondary N) is 2. The Morgan fingerprint density at radius 3 is 2.60 bits per heavy atom. The first-order valence-electron chi connectivity index (χ1n) is 4.45. The van der Waals surface area contributed by atoms with Gasteiger partial charge in [-0.1, -0.05) is 12.1 Å². The van der Waals surface area contributed by atoms with Crippen LogP contribution in [-0.4, -0.2) is 17.0 Å². The highest BCUT2D eigenvalue weighted by molar-refractivity contribution is 6.07. The monoisotopic (exact) mass is 206 g/mol. The lowest BCUT2D eigenvalue weighted by atomic mass is 9.92. The minimum atomic E-state index is -1.10. The lowest BCUT2D eigenvalue weighted by Gasteiger charge is -2.20. The quantitative estimate of drug-likeness (QED) is 0.583. The zero-order valence-corrected chi connectivity index (χ0v) is 8.07. The van der Waals surface area contributed by atoms with Crippen LogP contribution in [0.2, 0.25) is 0 Å². The highest BCUT2D eigenvalue weighted by Crippen LogP contribution is 2.26. The average molecular weight is 206 g/mol. The molecule has 78 valence electrons. The van der Waals surface area contributed by atoms with Crippen LogP contribution in [0.3, 0.4) is 0 Å². The maximum atomic E-state index is 11.5. The molecule has 0 bridgehead atoms. The van der Waals surface area contributed by atoms with E-state index in [0.29, 0.717) is 5.56 Å². The van der Waals surface area contributed by atoms with E-state index in [0.717, 1.165) is 0 Å². The molecule has 0 radical (unpaired) electrons. The number of hydrogen-bond acceptors (Lipinski definition) is 3. The Morgan fingerprint density at radius 2 is 2.07 bits per heavy atom. The SMILES string of the molecule is CC1(c2cccc(O)c2)NC(=O)NC1=O. The zero-order valence-electron chi connectivity index (χ0n) is 8.07. The van der Waals surface area contributed by atoms with Gasteiger partial charge in [0.05, 0.1) is 0 Å². The Hall–Kier alpha value is -2.04. The maximum Gasteiger partial charge on any atom is 0.322 e. The van der Waals surface area contributed by atoms with E-state index in [1.165, 1.54) is 12.1 Å². The van der Waals surface area contributed by atoms with Crippen LogP contribution in [0.5, 0.6) is 5.75 Å². The summed E-state index contributed by atoms with van der Waals surface area (Å²) in [5.41, 5.74) is -0.554. The third kappa shape index (κ3) is 1.41. The third-order valence-electron chi connectivity index (χ3n) is 2.47. The molecule has 2 rings (SSSR count). The van der Waals surface area contributed by atoms with E-state index in [-0.39, 0.29) is 5.75 Å². The second-order valence-corrected chi connectivity index (χ2v) is 3.58. The molecular formula is C10H10N2O3. The molecule has 1 aromatic carbocycles. The van der Waals surface area contributed by atoms with Crippen molar-refractivity contribution in [3.05, 3.63) is 29.8 Å². The number of aromatic hydroxyl groups is 1. The van der Waals surface area contributed by atoms with Gasteiger partial charge in [0.1, 0.15) is 11.3 Å². The van der Waals surface area contributed by atoms with Crippen LogP contribution in [0.4, 0.5) is 4.79 Å². The van der Waals surface area contributed by atoms with E-state index in [1.54, 1.807) is 19.1 Å². The highest BCUT2D eigenvalue weighted by Gasteiger charge is 2.43. The summed E-state index contributed by atoms with van der Waals surface area (Å²) in [5, 5.41) is 14.0. The molecule has 0 aliphatic carbocycles. The summed E-state index contributed by atoms with van der Waals surface area (Å²) in [6.07, 6.45) is 0. The summed E-state index contributed by atoms with van der Waals surface area (Å²) in [7, 11) is 0. The second kappa shape index (κ2) is 2.98. The Kier molecular flexibility index (Phi) is 1.89. The molecule has 1 saturated heterocycles. The molecule has 0 aromatic heterocycles. The molecule has 3 amide bonds. The van der Waals surface area contributed by atoms with Gasteiger partial charge in [0.25, 0.3) is 5.91 Å². The Labute approximate surface area is 86.1 Å². The maximum absolute atomic E-state index is 11.5. The number of phenolic OH excluding ortho intramolecular Hbond substituents is 1. The van der Waals surface area contributed by atoms with Gasteiger partial charge in [-0.15, -0.1) is 0 Å². The van der Waals surface area contributed by atoms with Gasteiger partial charge >= 0.3 is 6.03 Å². The van der Waals surface area contributed by atoms with Crippen LogP contribution in [0.25, 0.3) is 0 Å². The molecule has 0 saturated carbocycles. The predicted molar refractivity (Wildman–Crippen MR) is 52.1 cm³/mol. The van der Waals surface area contributed by atoms with Gasteiger partial charge in [0, 0.05) is 0 Å². The van der Waals surface area contributed by atoms with Crippen molar-refractivity contribution in [2.24, 2.45) is 0 Å². The van der Waals surface area contributed by atoms with Crippen LogP contribution in [-0.2, 0) is 10.3 Å². The lowest BCUT2D eigenvalue weighted by molar-refractivity contribution is -0.123. The normalized spacial score (nSPS) is 24.9. The molecule has 1 aromatic rings. The van der Waals surface area contributed by atoms with Crippen LogP contribution in [0.1, 0.15) is 12.5 Å². The number of rotatable bonds is 1. The fourth-order valence-corrected chi connectivity index (χ4v) is 1.56. The summed E-state index contributed by atoms with van der Waals surface area (Å²) in [6.45, 7) is 1.59. The first-order chi connectivity index (χ1) is 7.02. The van der Waals surface area contributed by atoms with Crippen molar-refractivity contribution >= 4 is 11.9 Å². The first-order valence-corrected chi connectivity index (χ1v) is 4.45. The topological polar surface area (TPSA) is 78.4 Å². The molecule has 1 fully saturated rings. The Bertz CT molecular complexity index is 444. The predicted octanol–water partition coefficient (Wildman–Crippen LogP) is 0.447. The van der Waals surface area contributed by atoms with Crippen LogP contribution in [0.15, 0.2) is 24.3 Å². The summed E-state index contributed by atoms with van der Waals surface area (Å²) in [4.78, 5) is 22.6. The van der Waals surface area contributed by atoms with E-state index in [2.05, 4.69) is 10.6 Å². The summed E-state index contributed by atoms with van der Waals surface area (Å²) in [6, 6.07) is 5.72. The van der Waals surface area contributed by atoms with Crippen molar-refractivity contribution in [1.29, 1.82) is 0 Å². The molecular weight excluding hydrogens is 196 g/mol. The molecule has 5 nitrogen and oxygen atoms in total. The number of urea groups is 1. The molecule has 3 N–H and O–H groups in total. The van der Waals surface area contributed by atoms with E-state index in [9.17, 15) is 14.7 Å². The van der Waals surface area contributed by atoms with Crippen molar-refractivity contribution in [2.75, 3.05) is 0 Å². The largest absolute Gasteiger partial charge is 0.508 e. The second-order valence-electron chi connectivity index (χ2n) is 3.58. The van der Waals surface area contributed by atoms with Crippen LogP contribution >= 0.6 is 0 Å². The first kappa shape index (κ1) is 9.51. The van der Waals surface area contributed by atoms with Gasteiger partial charge < -0.3 is 10.4 Å². The standard InChI is InChI=1S/C10H10N2O3/c1-10(8(14)11-9(15)12-10)6-3-2-4-7(13)5-6/h2-5,13H,1H3,(H2,11,12,14,15). The van der Waals surface area contributed by atoms with E-state index in [4.69, 9.17) is 0 Å². The summed E-state index contributed by atoms with van der Waals surface area (Å²) >= 11 is 0. The van der Waals surface area contributed by atoms with Crippen molar-refractivity contribution in [3.63, 3.8) is 0 Å². The summed E-state index contributed by atoms with van der Waals surface area (Å²) < 4.78 is 0. The number of imide groups is 1. The summed E-state index contributed by atoms with van der Waals surface area (Å²) in [5.74, 6) is -0.360. The van der Waals surface area contributed by atoms with Crippen molar-refractivity contribution in [1.82, 2.24) is 10.6 Å². The average Bonchev–Trinajstić information content (AvgIpc) is 2.42. The molecule has 15 heavy (non-hydrogen) atoms. The molecule has 1 aliphatic heterocycles. The number of benzene rings is 1. The van der Waals surface area contributed by atoms with Gasteiger partial charge in [-0.05, 0) is 24.6 Å². The molecule has 1 unspecified atom stereocenters. The van der Waals surface area contributed by atoms with Gasteiger partial charge in [0.2, 0.25) is 0 Å². The lowest BCUT2D eigenvalue weighted by Crippen LogP contribution is -2.40. The van der Waals surface area contributed by atoms with Gasteiger partial charge in [-0.25, -0.2) is 4.79 Å². The van der Waals surface area contributed by atoms with Gasteiger partial charge in [0.15, 0.2) is 0 Å². The van der Waals surface area contributed by atoms with Crippen molar-refractivity contribution in [3.8, 4) is 5.75 Å². The minimum absolute atomic E-state index is 0.0580. The van der Waals surface area contributed by atoms with E-state index >= 15 is 0 Å². The Balaban J connectivity index is 2.46. The highest BCUT2D eigenvalue weighted by atomic mass is 16.3.